The molecular weight excluding hydrogens is 248 g/mol. The second-order valence-corrected chi connectivity index (χ2v) is 5.68. The van der Waals surface area contributed by atoms with Gasteiger partial charge in [-0.1, -0.05) is 18.2 Å². The summed E-state index contributed by atoms with van der Waals surface area (Å²) >= 11 is 0. The predicted molar refractivity (Wildman–Crippen MR) is 81.9 cm³/mol. The van der Waals surface area contributed by atoms with Crippen LogP contribution in [-0.2, 0) is 0 Å². The quantitative estimate of drug-likeness (QED) is 0.910. The Morgan fingerprint density at radius 1 is 1.40 bits per heavy atom. The maximum absolute atomic E-state index is 9.50. The molecule has 0 aliphatic carbocycles. The predicted octanol–water partition coefficient (Wildman–Crippen LogP) is 2.57. The van der Waals surface area contributed by atoms with Crippen molar-refractivity contribution in [2.45, 2.75) is 18.9 Å². The number of piperidine rings is 1. The molecule has 1 aliphatic rings. The van der Waals surface area contributed by atoms with Gasteiger partial charge in [0.25, 0.3) is 0 Å². The van der Waals surface area contributed by atoms with Crippen molar-refractivity contribution in [3.05, 3.63) is 29.8 Å². The Hall–Kier alpha value is -1.99. The highest BCUT2D eigenvalue weighted by Crippen LogP contribution is 2.30. The number of likely N-dealkylation sites (N-methyl/N-ethyl adjacent to an activating group) is 2. The molecule has 0 bridgehead atoms. The standard InChI is InChI=1S/C16H20N4/c1-19-9-5-6-12(11-19)20(2)16-14(10-17)13-7-3-4-8-15(13)18-16/h3-4,7-8,12,18H,5-6,9,11H2,1-2H3. The van der Waals surface area contributed by atoms with Crippen molar-refractivity contribution in [1.82, 2.24) is 9.88 Å². The van der Waals surface area contributed by atoms with Gasteiger partial charge in [-0.05, 0) is 32.5 Å². The van der Waals surface area contributed by atoms with Gasteiger partial charge >= 0.3 is 0 Å². The Kier molecular flexibility index (Phi) is 3.37. The number of aromatic nitrogens is 1. The van der Waals surface area contributed by atoms with Gasteiger partial charge in [-0.2, -0.15) is 5.26 Å². The zero-order chi connectivity index (χ0) is 14.1. The molecule has 4 nitrogen and oxygen atoms in total. The highest BCUT2D eigenvalue weighted by Gasteiger charge is 2.24. The minimum atomic E-state index is 0.467. The van der Waals surface area contributed by atoms with Crippen molar-refractivity contribution in [3.63, 3.8) is 0 Å². The zero-order valence-electron chi connectivity index (χ0n) is 12.1. The summed E-state index contributed by atoms with van der Waals surface area (Å²) in [5, 5.41) is 10.5. The van der Waals surface area contributed by atoms with Gasteiger partial charge in [-0.25, -0.2) is 0 Å². The van der Waals surface area contributed by atoms with Gasteiger partial charge in [-0.15, -0.1) is 0 Å². The summed E-state index contributed by atoms with van der Waals surface area (Å²) in [4.78, 5) is 8.02. The third kappa shape index (κ3) is 2.14. The van der Waals surface area contributed by atoms with Crippen LogP contribution in [0.25, 0.3) is 10.9 Å². The molecule has 0 spiro atoms. The van der Waals surface area contributed by atoms with Crippen LogP contribution < -0.4 is 4.90 Å². The van der Waals surface area contributed by atoms with Crippen molar-refractivity contribution in [3.8, 4) is 6.07 Å². The van der Waals surface area contributed by atoms with Gasteiger partial charge in [0.2, 0.25) is 0 Å². The molecule has 1 atom stereocenters. The molecule has 2 aromatic rings. The Bertz CT molecular complexity index is 652. The minimum absolute atomic E-state index is 0.467. The van der Waals surface area contributed by atoms with Crippen LogP contribution in [0.1, 0.15) is 18.4 Å². The van der Waals surface area contributed by atoms with E-state index in [2.05, 4.69) is 34.9 Å². The van der Waals surface area contributed by atoms with Gasteiger partial charge in [0.05, 0.1) is 0 Å². The van der Waals surface area contributed by atoms with Gasteiger partial charge in [-0.3, -0.25) is 0 Å². The summed E-state index contributed by atoms with van der Waals surface area (Å²) in [6.45, 7) is 2.22. The third-order valence-electron chi connectivity index (χ3n) is 4.30. The summed E-state index contributed by atoms with van der Waals surface area (Å²) in [5.41, 5.74) is 1.80. The number of hydrogen-bond acceptors (Lipinski definition) is 3. The number of nitrogens with one attached hydrogen (secondary N) is 1. The smallest absolute Gasteiger partial charge is 0.125 e. The summed E-state index contributed by atoms with van der Waals surface area (Å²) < 4.78 is 0. The monoisotopic (exact) mass is 268 g/mol. The molecule has 20 heavy (non-hydrogen) atoms. The molecule has 1 aliphatic heterocycles. The minimum Gasteiger partial charge on any atom is -0.356 e. The van der Waals surface area contributed by atoms with Gasteiger partial charge < -0.3 is 14.8 Å². The topological polar surface area (TPSA) is 46.1 Å². The number of hydrogen-bond donors (Lipinski definition) is 1. The largest absolute Gasteiger partial charge is 0.356 e. The number of para-hydroxylation sites is 1. The molecule has 1 aromatic carbocycles. The number of aromatic amines is 1. The van der Waals surface area contributed by atoms with Crippen molar-refractivity contribution < 1.29 is 0 Å². The SMILES string of the molecule is CN1CCCC(N(C)c2[nH]c3ccccc3c2C#N)C1. The van der Waals surface area contributed by atoms with Gasteiger partial charge in [0, 0.05) is 30.5 Å². The van der Waals surface area contributed by atoms with Crippen LogP contribution in [0.2, 0.25) is 0 Å². The second-order valence-electron chi connectivity index (χ2n) is 5.68. The van der Waals surface area contributed by atoms with E-state index < -0.39 is 0 Å². The average Bonchev–Trinajstić information content (AvgIpc) is 2.85. The number of anilines is 1. The number of benzene rings is 1. The first kappa shape index (κ1) is 13.0. The number of nitrogens with zero attached hydrogens (tertiary/aromatic N) is 3. The van der Waals surface area contributed by atoms with E-state index in [0.717, 1.165) is 28.8 Å². The lowest BCUT2D eigenvalue weighted by Crippen LogP contribution is -2.45. The van der Waals surface area contributed by atoms with Crippen LogP contribution >= 0.6 is 0 Å². The molecule has 0 amide bonds. The lowest BCUT2D eigenvalue weighted by Gasteiger charge is -2.36. The maximum Gasteiger partial charge on any atom is 0.125 e. The lowest BCUT2D eigenvalue weighted by atomic mass is 10.0. The van der Waals surface area contributed by atoms with Crippen molar-refractivity contribution >= 4 is 16.7 Å². The van der Waals surface area contributed by atoms with E-state index in [4.69, 9.17) is 0 Å². The molecule has 1 aromatic heterocycles. The highest BCUT2D eigenvalue weighted by atomic mass is 15.2. The van der Waals surface area contributed by atoms with Crippen LogP contribution in [0.3, 0.4) is 0 Å². The first-order valence-electron chi connectivity index (χ1n) is 7.13. The molecule has 2 heterocycles. The van der Waals surface area contributed by atoms with Crippen molar-refractivity contribution in [2.24, 2.45) is 0 Å². The molecule has 1 fully saturated rings. The van der Waals surface area contributed by atoms with Crippen molar-refractivity contribution in [2.75, 3.05) is 32.1 Å². The number of nitriles is 1. The van der Waals surface area contributed by atoms with Crippen LogP contribution in [0.15, 0.2) is 24.3 Å². The summed E-state index contributed by atoms with van der Waals surface area (Å²) in [5.74, 6) is 0.953. The number of H-pyrrole nitrogens is 1. The van der Waals surface area contributed by atoms with E-state index in [9.17, 15) is 5.26 Å². The van der Waals surface area contributed by atoms with E-state index in [-0.39, 0.29) is 0 Å². The normalized spacial score (nSPS) is 19.9. The summed E-state index contributed by atoms with van der Waals surface area (Å²) in [6.07, 6.45) is 2.40. The van der Waals surface area contributed by atoms with E-state index in [1.165, 1.54) is 19.4 Å². The molecule has 1 unspecified atom stereocenters. The summed E-state index contributed by atoms with van der Waals surface area (Å²) in [6, 6.07) is 10.8. The first-order chi connectivity index (χ1) is 9.70. The Morgan fingerprint density at radius 2 is 2.20 bits per heavy atom. The molecule has 0 saturated carbocycles. The van der Waals surface area contributed by atoms with Crippen LogP contribution in [-0.4, -0.2) is 43.1 Å². The Labute approximate surface area is 119 Å². The lowest BCUT2D eigenvalue weighted by molar-refractivity contribution is 0.247. The van der Waals surface area contributed by atoms with E-state index in [0.29, 0.717) is 6.04 Å². The zero-order valence-corrected chi connectivity index (χ0v) is 12.1. The fraction of sp³-hybridized carbons (Fsp3) is 0.438. The fourth-order valence-corrected chi connectivity index (χ4v) is 3.14. The molecule has 4 heteroatoms. The Balaban J connectivity index is 1.99. The van der Waals surface area contributed by atoms with E-state index in [1.54, 1.807) is 0 Å². The van der Waals surface area contributed by atoms with E-state index >= 15 is 0 Å². The molecule has 3 rings (SSSR count). The van der Waals surface area contributed by atoms with Crippen LogP contribution in [0, 0.1) is 11.3 Å². The Morgan fingerprint density at radius 3 is 2.95 bits per heavy atom. The van der Waals surface area contributed by atoms with Crippen LogP contribution in [0.5, 0.6) is 0 Å². The molecule has 0 radical (unpaired) electrons. The number of likely N-dealkylation sites (tertiary alicyclic amines) is 1. The number of fused-ring (bicyclic) bond motifs is 1. The number of rotatable bonds is 2. The molecular formula is C16H20N4. The average molecular weight is 268 g/mol. The maximum atomic E-state index is 9.50. The molecule has 104 valence electrons. The first-order valence-corrected chi connectivity index (χ1v) is 7.13. The van der Waals surface area contributed by atoms with Gasteiger partial charge in [0.1, 0.15) is 17.5 Å². The van der Waals surface area contributed by atoms with Gasteiger partial charge in [0.15, 0.2) is 0 Å². The molecule has 1 saturated heterocycles. The van der Waals surface area contributed by atoms with Crippen LogP contribution in [0.4, 0.5) is 5.82 Å². The van der Waals surface area contributed by atoms with E-state index in [1.807, 2.05) is 24.3 Å². The molecule has 1 N–H and O–H groups in total. The highest BCUT2D eigenvalue weighted by molar-refractivity contribution is 5.91. The second kappa shape index (κ2) is 5.18. The third-order valence-corrected chi connectivity index (χ3v) is 4.30. The van der Waals surface area contributed by atoms with Crippen molar-refractivity contribution in [1.29, 1.82) is 5.26 Å². The fourth-order valence-electron chi connectivity index (χ4n) is 3.14. The summed E-state index contributed by atoms with van der Waals surface area (Å²) in [7, 11) is 4.26.